The molecule has 20 heavy (non-hydrogen) atoms. The molecule has 4 nitrogen and oxygen atoms in total. The lowest BCUT2D eigenvalue weighted by Crippen LogP contribution is -2.14. The number of aryl methyl sites for hydroxylation is 1. The van der Waals surface area contributed by atoms with Gasteiger partial charge in [-0.1, -0.05) is 24.0 Å². The van der Waals surface area contributed by atoms with Crippen LogP contribution in [0.4, 0.5) is 5.69 Å². The van der Waals surface area contributed by atoms with Crippen LogP contribution in [0.15, 0.2) is 42.7 Å². The van der Waals surface area contributed by atoms with Gasteiger partial charge in [0.15, 0.2) is 0 Å². The maximum Gasteiger partial charge on any atom is 0.256 e. The van der Waals surface area contributed by atoms with Crippen LogP contribution in [0, 0.1) is 18.8 Å². The van der Waals surface area contributed by atoms with Crippen molar-refractivity contribution < 1.29 is 4.79 Å². The first kappa shape index (κ1) is 13.8. The first-order valence-electron chi connectivity index (χ1n) is 6.22. The number of nitrogens with two attached hydrogens (primary N) is 1. The molecule has 1 aromatic carbocycles. The number of rotatable bonds is 2. The molecule has 0 radical (unpaired) electrons. The molecule has 0 saturated heterocycles. The van der Waals surface area contributed by atoms with Crippen LogP contribution in [0.5, 0.6) is 0 Å². The first-order chi connectivity index (χ1) is 9.72. The third-order valence-corrected chi connectivity index (χ3v) is 2.77. The van der Waals surface area contributed by atoms with Crippen molar-refractivity contribution in [3.05, 3.63) is 59.4 Å². The summed E-state index contributed by atoms with van der Waals surface area (Å²) >= 11 is 0. The van der Waals surface area contributed by atoms with Crippen molar-refractivity contribution in [2.24, 2.45) is 5.73 Å². The molecule has 0 atom stereocenters. The lowest BCUT2D eigenvalue weighted by Gasteiger charge is -2.08. The largest absolute Gasteiger partial charge is 0.322 e. The monoisotopic (exact) mass is 265 g/mol. The zero-order valence-corrected chi connectivity index (χ0v) is 11.2. The van der Waals surface area contributed by atoms with Crippen LogP contribution >= 0.6 is 0 Å². The van der Waals surface area contributed by atoms with E-state index in [0.29, 0.717) is 11.1 Å². The molecule has 0 bridgehead atoms. The molecule has 1 heterocycles. The van der Waals surface area contributed by atoms with Gasteiger partial charge in [0.1, 0.15) is 0 Å². The third-order valence-electron chi connectivity index (χ3n) is 2.77. The first-order valence-corrected chi connectivity index (χ1v) is 6.22. The van der Waals surface area contributed by atoms with E-state index < -0.39 is 0 Å². The van der Waals surface area contributed by atoms with E-state index in [1.165, 1.54) is 0 Å². The van der Waals surface area contributed by atoms with Crippen molar-refractivity contribution in [1.29, 1.82) is 0 Å². The van der Waals surface area contributed by atoms with E-state index in [9.17, 15) is 4.79 Å². The summed E-state index contributed by atoms with van der Waals surface area (Å²) < 4.78 is 0. The maximum atomic E-state index is 12.3. The van der Waals surface area contributed by atoms with Crippen LogP contribution in [0.3, 0.4) is 0 Å². The normalized spacial score (nSPS) is 9.50. The van der Waals surface area contributed by atoms with E-state index in [1.807, 2.05) is 19.1 Å². The second kappa shape index (κ2) is 6.50. The SMILES string of the molecule is Cc1cnccc1NC(=O)c1ccccc1C#CCN. The van der Waals surface area contributed by atoms with Crippen molar-refractivity contribution in [3.63, 3.8) is 0 Å². The Bertz CT molecular complexity index is 683. The van der Waals surface area contributed by atoms with Crippen LogP contribution < -0.4 is 11.1 Å². The summed E-state index contributed by atoms with van der Waals surface area (Å²) in [5.41, 5.74) is 8.22. The highest BCUT2D eigenvalue weighted by atomic mass is 16.1. The van der Waals surface area contributed by atoms with Crippen LogP contribution in [0.1, 0.15) is 21.5 Å². The number of nitrogens with one attached hydrogen (secondary N) is 1. The average molecular weight is 265 g/mol. The third kappa shape index (κ3) is 3.22. The number of aromatic nitrogens is 1. The number of anilines is 1. The topological polar surface area (TPSA) is 68.0 Å². The van der Waals surface area contributed by atoms with Crippen LogP contribution in [-0.2, 0) is 0 Å². The zero-order valence-electron chi connectivity index (χ0n) is 11.2. The zero-order chi connectivity index (χ0) is 14.4. The minimum atomic E-state index is -0.193. The second-order valence-electron chi connectivity index (χ2n) is 4.20. The molecule has 100 valence electrons. The molecular formula is C16H15N3O. The van der Waals surface area contributed by atoms with Crippen molar-refractivity contribution in [1.82, 2.24) is 4.98 Å². The molecule has 4 heteroatoms. The van der Waals surface area contributed by atoms with Gasteiger partial charge in [0.2, 0.25) is 0 Å². The standard InChI is InChI=1S/C16H15N3O/c1-12-11-18-10-8-15(12)19-16(20)14-7-3-2-5-13(14)6-4-9-17/h2-3,5,7-8,10-11H,9,17H2,1H3,(H,18,19,20). The van der Waals surface area contributed by atoms with Gasteiger partial charge in [0.25, 0.3) is 5.91 Å². The maximum absolute atomic E-state index is 12.3. The van der Waals surface area contributed by atoms with Gasteiger partial charge in [-0.2, -0.15) is 0 Å². The summed E-state index contributed by atoms with van der Waals surface area (Å²) in [6.45, 7) is 2.15. The molecule has 0 saturated carbocycles. The molecule has 2 aromatic rings. The number of amides is 1. The summed E-state index contributed by atoms with van der Waals surface area (Å²) in [7, 11) is 0. The fraction of sp³-hybridized carbons (Fsp3) is 0.125. The molecule has 3 N–H and O–H groups in total. The van der Waals surface area contributed by atoms with Crippen molar-refractivity contribution in [2.75, 3.05) is 11.9 Å². The van der Waals surface area contributed by atoms with Crippen LogP contribution in [0.2, 0.25) is 0 Å². The Hall–Kier alpha value is -2.64. The van der Waals surface area contributed by atoms with Crippen LogP contribution in [0.25, 0.3) is 0 Å². The summed E-state index contributed by atoms with van der Waals surface area (Å²) in [6.07, 6.45) is 3.35. The average Bonchev–Trinajstić information content (AvgIpc) is 2.47. The molecular weight excluding hydrogens is 250 g/mol. The summed E-state index contributed by atoms with van der Waals surface area (Å²) in [5.74, 6) is 5.48. The van der Waals surface area contributed by atoms with Crippen molar-refractivity contribution in [3.8, 4) is 11.8 Å². The summed E-state index contributed by atoms with van der Waals surface area (Å²) in [5, 5.41) is 2.87. The minimum absolute atomic E-state index is 0.193. The van der Waals surface area contributed by atoms with Crippen molar-refractivity contribution >= 4 is 11.6 Å². The van der Waals surface area contributed by atoms with E-state index in [4.69, 9.17) is 5.73 Å². The van der Waals surface area contributed by atoms with Crippen LogP contribution in [-0.4, -0.2) is 17.4 Å². The van der Waals surface area contributed by atoms with Gasteiger partial charge in [0, 0.05) is 23.6 Å². The van der Waals surface area contributed by atoms with E-state index in [-0.39, 0.29) is 12.5 Å². The Kier molecular flexibility index (Phi) is 4.48. The quantitative estimate of drug-likeness (QED) is 0.815. The Morgan fingerprint density at radius 2 is 2.15 bits per heavy atom. The van der Waals surface area contributed by atoms with Gasteiger partial charge in [-0.25, -0.2) is 0 Å². The number of benzene rings is 1. The number of hydrogen-bond donors (Lipinski definition) is 2. The fourth-order valence-electron chi connectivity index (χ4n) is 1.74. The number of hydrogen-bond acceptors (Lipinski definition) is 3. The number of nitrogens with zero attached hydrogens (tertiary/aromatic N) is 1. The van der Waals surface area contributed by atoms with Crippen molar-refractivity contribution in [2.45, 2.75) is 6.92 Å². The molecule has 0 unspecified atom stereocenters. The Labute approximate surface area is 118 Å². The second-order valence-corrected chi connectivity index (χ2v) is 4.20. The summed E-state index contributed by atoms with van der Waals surface area (Å²) in [4.78, 5) is 16.3. The molecule has 0 aliphatic carbocycles. The van der Waals surface area contributed by atoms with E-state index >= 15 is 0 Å². The Morgan fingerprint density at radius 3 is 2.90 bits per heavy atom. The highest BCUT2D eigenvalue weighted by molar-refractivity contribution is 6.06. The van der Waals surface area contributed by atoms with Gasteiger partial charge in [0.05, 0.1) is 12.1 Å². The molecule has 0 aliphatic rings. The number of carbonyl (C=O) groups is 1. The van der Waals surface area contributed by atoms with Gasteiger partial charge in [-0.15, -0.1) is 0 Å². The molecule has 1 aromatic heterocycles. The van der Waals surface area contributed by atoms with E-state index in [2.05, 4.69) is 22.1 Å². The fourth-order valence-corrected chi connectivity index (χ4v) is 1.74. The highest BCUT2D eigenvalue weighted by Crippen LogP contribution is 2.15. The van der Waals surface area contributed by atoms with E-state index in [1.54, 1.807) is 30.6 Å². The molecule has 0 spiro atoms. The van der Waals surface area contributed by atoms with Gasteiger partial charge >= 0.3 is 0 Å². The summed E-state index contributed by atoms with van der Waals surface area (Å²) in [6, 6.07) is 8.96. The Morgan fingerprint density at radius 1 is 1.35 bits per heavy atom. The number of pyridine rings is 1. The lowest BCUT2D eigenvalue weighted by molar-refractivity contribution is 0.102. The highest BCUT2D eigenvalue weighted by Gasteiger charge is 2.10. The van der Waals surface area contributed by atoms with Gasteiger partial charge in [-0.05, 0) is 30.7 Å². The minimum Gasteiger partial charge on any atom is -0.322 e. The molecule has 0 fully saturated rings. The lowest BCUT2D eigenvalue weighted by atomic mass is 10.1. The molecule has 1 amide bonds. The smallest absolute Gasteiger partial charge is 0.256 e. The predicted molar refractivity (Wildman–Crippen MR) is 79.3 cm³/mol. The Balaban J connectivity index is 2.28. The van der Waals surface area contributed by atoms with Gasteiger partial charge in [-0.3, -0.25) is 9.78 Å². The van der Waals surface area contributed by atoms with E-state index in [0.717, 1.165) is 11.3 Å². The predicted octanol–water partition coefficient (Wildman–Crippen LogP) is 1.95. The number of carbonyl (C=O) groups excluding carboxylic acids is 1. The van der Waals surface area contributed by atoms with Gasteiger partial charge < -0.3 is 11.1 Å². The molecule has 0 aliphatic heterocycles. The molecule has 2 rings (SSSR count).